The quantitative estimate of drug-likeness (QED) is 0.512. The van der Waals surface area contributed by atoms with Gasteiger partial charge in [-0.15, -0.1) is 0 Å². The fraction of sp³-hybridized carbons (Fsp3) is 0.0476. The number of amides is 1. The predicted molar refractivity (Wildman–Crippen MR) is 110 cm³/mol. The highest BCUT2D eigenvalue weighted by Crippen LogP contribution is 2.24. The average Bonchev–Trinajstić information content (AvgIpc) is 3.10. The number of pyridine rings is 1. The van der Waals surface area contributed by atoms with E-state index in [0.29, 0.717) is 11.4 Å². The highest BCUT2D eigenvalue weighted by Gasteiger charge is 2.18. The Kier molecular flexibility index (Phi) is 4.63. The summed E-state index contributed by atoms with van der Waals surface area (Å²) in [6.07, 6.45) is 1.42. The monoisotopic (exact) mass is 431 g/mol. The molecule has 0 unspecified atom stereocenters. The van der Waals surface area contributed by atoms with Crippen molar-refractivity contribution in [1.82, 2.24) is 14.8 Å². The number of aromatic nitrogens is 3. The van der Waals surface area contributed by atoms with Crippen molar-refractivity contribution in [2.45, 2.75) is 6.92 Å². The van der Waals surface area contributed by atoms with Crippen LogP contribution in [0.5, 0.6) is 0 Å². The maximum atomic E-state index is 12.7. The van der Waals surface area contributed by atoms with E-state index in [0.717, 1.165) is 20.9 Å². The Balaban J connectivity index is 1.79. The number of hydrogen-bond donors (Lipinski definition) is 1. The van der Waals surface area contributed by atoms with Crippen molar-refractivity contribution in [2.75, 3.05) is 5.32 Å². The normalized spacial score (nSPS) is 10.6. The molecule has 0 atom stereocenters. The van der Waals surface area contributed by atoms with Gasteiger partial charge in [0.1, 0.15) is 11.6 Å². The number of halogens is 1. The molecule has 0 bridgehead atoms. The van der Waals surface area contributed by atoms with Crippen LogP contribution in [0.15, 0.2) is 65.3 Å². The fourth-order valence-electron chi connectivity index (χ4n) is 2.97. The molecule has 136 valence electrons. The van der Waals surface area contributed by atoms with Crippen molar-refractivity contribution >= 4 is 38.6 Å². The van der Waals surface area contributed by atoms with Crippen LogP contribution in [-0.4, -0.2) is 20.7 Å². The van der Waals surface area contributed by atoms with E-state index < -0.39 is 0 Å². The van der Waals surface area contributed by atoms with Crippen molar-refractivity contribution in [3.05, 3.63) is 82.0 Å². The molecular weight excluding hydrogens is 418 g/mol. The summed E-state index contributed by atoms with van der Waals surface area (Å²) in [6, 6.07) is 18.8. The van der Waals surface area contributed by atoms with E-state index in [1.807, 2.05) is 43.3 Å². The minimum Gasteiger partial charge on any atom is -0.305 e. The molecule has 7 heteroatoms. The van der Waals surface area contributed by atoms with Gasteiger partial charge < -0.3 is 5.32 Å². The lowest BCUT2D eigenvalue weighted by molar-refractivity contribution is 0.102. The Morgan fingerprint density at radius 2 is 2.00 bits per heavy atom. The van der Waals surface area contributed by atoms with E-state index in [2.05, 4.69) is 37.4 Å². The number of anilines is 1. The molecule has 2 aromatic carbocycles. The first kappa shape index (κ1) is 17.9. The standard InChI is InChI=1S/C21H14BrN5O/c1-13-9-19(25-18-8-3-2-7-17(13)18)27-20(15(11-23)12-24-27)26-21(28)14-5-4-6-16(22)10-14/h2-10,12H,1H3,(H,26,28). The zero-order valence-corrected chi connectivity index (χ0v) is 16.4. The smallest absolute Gasteiger partial charge is 0.256 e. The molecular formula is C21H14BrN5O. The van der Waals surface area contributed by atoms with E-state index in [4.69, 9.17) is 0 Å². The summed E-state index contributed by atoms with van der Waals surface area (Å²) in [5.41, 5.74) is 2.57. The second-order valence-corrected chi connectivity index (χ2v) is 7.13. The van der Waals surface area contributed by atoms with Crippen LogP contribution in [0.1, 0.15) is 21.5 Å². The van der Waals surface area contributed by atoms with Gasteiger partial charge in [0.05, 0.1) is 11.7 Å². The van der Waals surface area contributed by atoms with E-state index >= 15 is 0 Å². The van der Waals surface area contributed by atoms with Crippen LogP contribution in [0.4, 0.5) is 5.82 Å². The minimum atomic E-state index is -0.336. The van der Waals surface area contributed by atoms with Gasteiger partial charge in [0.15, 0.2) is 11.6 Å². The molecule has 0 radical (unpaired) electrons. The summed E-state index contributed by atoms with van der Waals surface area (Å²) in [7, 11) is 0. The van der Waals surface area contributed by atoms with E-state index in [1.54, 1.807) is 18.2 Å². The zero-order valence-electron chi connectivity index (χ0n) is 14.8. The highest BCUT2D eigenvalue weighted by atomic mass is 79.9. The van der Waals surface area contributed by atoms with Crippen molar-refractivity contribution in [3.8, 4) is 11.9 Å². The number of nitrogens with zero attached hydrogens (tertiary/aromatic N) is 4. The molecule has 0 fully saturated rings. The number of fused-ring (bicyclic) bond motifs is 1. The Morgan fingerprint density at radius 1 is 1.18 bits per heavy atom. The Bertz CT molecular complexity index is 1260. The number of aryl methyl sites for hydroxylation is 1. The molecule has 1 amide bonds. The van der Waals surface area contributed by atoms with Crippen LogP contribution < -0.4 is 5.32 Å². The molecule has 2 heterocycles. The maximum absolute atomic E-state index is 12.7. The molecule has 28 heavy (non-hydrogen) atoms. The highest BCUT2D eigenvalue weighted by molar-refractivity contribution is 9.10. The third kappa shape index (κ3) is 3.26. The second-order valence-electron chi connectivity index (χ2n) is 6.21. The molecule has 0 spiro atoms. The van der Waals surface area contributed by atoms with Gasteiger partial charge in [0, 0.05) is 15.4 Å². The summed E-state index contributed by atoms with van der Waals surface area (Å²) >= 11 is 3.36. The van der Waals surface area contributed by atoms with Crippen molar-refractivity contribution in [2.24, 2.45) is 0 Å². The number of nitriles is 1. The van der Waals surface area contributed by atoms with Gasteiger partial charge in [-0.25, -0.2) is 4.98 Å². The second kappa shape index (κ2) is 7.25. The lowest BCUT2D eigenvalue weighted by atomic mass is 10.1. The Morgan fingerprint density at radius 3 is 2.79 bits per heavy atom. The molecule has 4 rings (SSSR count). The number of benzene rings is 2. The van der Waals surface area contributed by atoms with Crippen LogP contribution in [0, 0.1) is 18.3 Å². The van der Waals surface area contributed by atoms with Gasteiger partial charge in [0.2, 0.25) is 0 Å². The van der Waals surface area contributed by atoms with Crippen molar-refractivity contribution in [3.63, 3.8) is 0 Å². The first-order valence-electron chi connectivity index (χ1n) is 8.48. The molecule has 0 aliphatic heterocycles. The third-order valence-electron chi connectivity index (χ3n) is 4.33. The van der Waals surface area contributed by atoms with E-state index in [9.17, 15) is 10.1 Å². The van der Waals surface area contributed by atoms with Gasteiger partial charge in [-0.2, -0.15) is 15.0 Å². The van der Waals surface area contributed by atoms with Crippen LogP contribution in [0.25, 0.3) is 16.7 Å². The zero-order chi connectivity index (χ0) is 19.7. The number of rotatable bonds is 3. The number of nitrogens with one attached hydrogen (secondary N) is 1. The number of carbonyl (C=O) groups excluding carboxylic acids is 1. The predicted octanol–water partition coefficient (Wildman–Crippen LogP) is 4.62. The van der Waals surface area contributed by atoms with E-state index in [1.165, 1.54) is 10.9 Å². The first-order chi connectivity index (χ1) is 13.6. The third-order valence-corrected chi connectivity index (χ3v) is 4.83. The lowest BCUT2D eigenvalue weighted by Crippen LogP contribution is -2.16. The average molecular weight is 432 g/mol. The Hall–Kier alpha value is -3.50. The van der Waals surface area contributed by atoms with Crippen LogP contribution >= 0.6 is 15.9 Å². The van der Waals surface area contributed by atoms with Gasteiger partial charge in [-0.05, 0) is 42.8 Å². The first-order valence-corrected chi connectivity index (χ1v) is 9.28. The van der Waals surface area contributed by atoms with Gasteiger partial charge in [-0.3, -0.25) is 4.79 Å². The van der Waals surface area contributed by atoms with Crippen LogP contribution in [0.2, 0.25) is 0 Å². The molecule has 2 aromatic heterocycles. The van der Waals surface area contributed by atoms with Crippen LogP contribution in [-0.2, 0) is 0 Å². The van der Waals surface area contributed by atoms with Crippen molar-refractivity contribution in [1.29, 1.82) is 5.26 Å². The number of hydrogen-bond acceptors (Lipinski definition) is 4. The largest absolute Gasteiger partial charge is 0.305 e. The van der Waals surface area contributed by atoms with Crippen LogP contribution in [0.3, 0.4) is 0 Å². The molecule has 0 saturated carbocycles. The molecule has 6 nitrogen and oxygen atoms in total. The lowest BCUT2D eigenvalue weighted by Gasteiger charge is -2.11. The van der Waals surface area contributed by atoms with E-state index in [-0.39, 0.29) is 17.3 Å². The number of para-hydroxylation sites is 1. The summed E-state index contributed by atoms with van der Waals surface area (Å²) in [6.45, 7) is 1.99. The SMILES string of the molecule is Cc1cc(-n2ncc(C#N)c2NC(=O)c2cccc(Br)c2)nc2ccccc12. The molecule has 0 aliphatic carbocycles. The summed E-state index contributed by atoms with van der Waals surface area (Å²) < 4.78 is 2.27. The van der Waals surface area contributed by atoms with Gasteiger partial charge in [-0.1, -0.05) is 40.2 Å². The number of carbonyl (C=O) groups is 1. The summed E-state index contributed by atoms with van der Waals surface area (Å²) in [4.78, 5) is 17.3. The van der Waals surface area contributed by atoms with Gasteiger partial charge >= 0.3 is 0 Å². The summed E-state index contributed by atoms with van der Waals surface area (Å²) in [5, 5.41) is 17.6. The topological polar surface area (TPSA) is 83.6 Å². The molecule has 0 aliphatic rings. The molecule has 1 N–H and O–H groups in total. The summed E-state index contributed by atoms with van der Waals surface area (Å²) in [5.74, 6) is 0.481. The van der Waals surface area contributed by atoms with Crippen molar-refractivity contribution < 1.29 is 4.79 Å². The molecule has 4 aromatic rings. The minimum absolute atomic E-state index is 0.260. The maximum Gasteiger partial charge on any atom is 0.256 e. The van der Waals surface area contributed by atoms with Gasteiger partial charge in [0.25, 0.3) is 5.91 Å². The molecule has 0 saturated heterocycles. The fourth-order valence-corrected chi connectivity index (χ4v) is 3.37. The Labute approximate surface area is 169 Å².